The van der Waals surface area contributed by atoms with E-state index in [1.807, 2.05) is 24.3 Å². The molecule has 0 aliphatic heterocycles. The van der Waals surface area contributed by atoms with Gasteiger partial charge < -0.3 is 4.74 Å². The van der Waals surface area contributed by atoms with E-state index in [1.54, 1.807) is 19.2 Å². The number of hydrogen-bond acceptors (Lipinski definition) is 4. The minimum Gasteiger partial charge on any atom is -0.380 e. The third kappa shape index (κ3) is 3.10. The monoisotopic (exact) mass is 308 g/mol. The fraction of sp³-hybridized carbons (Fsp3) is 0.118. The number of methoxy groups -OCH3 is 1. The summed E-state index contributed by atoms with van der Waals surface area (Å²) in [5.74, 6) is -0.287. The minimum absolute atomic E-state index is 0.287. The van der Waals surface area contributed by atoms with Gasteiger partial charge in [-0.3, -0.25) is 0 Å². The van der Waals surface area contributed by atoms with Crippen molar-refractivity contribution in [3.05, 3.63) is 59.5 Å². The summed E-state index contributed by atoms with van der Waals surface area (Å²) in [6.07, 6.45) is 0. The van der Waals surface area contributed by atoms with Gasteiger partial charge in [0.15, 0.2) is 5.69 Å². The van der Waals surface area contributed by atoms with Gasteiger partial charge in [0, 0.05) is 12.7 Å². The van der Waals surface area contributed by atoms with Crippen molar-refractivity contribution in [3.63, 3.8) is 0 Å². The summed E-state index contributed by atoms with van der Waals surface area (Å²) in [7, 11) is 1.61. The molecule has 1 N–H and O–H groups in total. The Labute approximate surface area is 132 Å². The van der Waals surface area contributed by atoms with E-state index in [0.29, 0.717) is 18.0 Å². The SMILES string of the molecule is COCc1cc(-c2ccc(F)cc2)cc(-c2nn[nH]c2C#N)c1. The zero-order chi connectivity index (χ0) is 16.2. The number of nitrogens with one attached hydrogen (secondary N) is 1. The third-order valence-electron chi connectivity index (χ3n) is 3.42. The first-order valence-corrected chi connectivity index (χ1v) is 6.91. The van der Waals surface area contributed by atoms with Crippen molar-refractivity contribution in [2.45, 2.75) is 6.61 Å². The van der Waals surface area contributed by atoms with Gasteiger partial charge in [-0.2, -0.15) is 5.26 Å². The average Bonchev–Trinajstić information content (AvgIpc) is 3.04. The lowest BCUT2D eigenvalue weighted by atomic mass is 9.98. The second kappa shape index (κ2) is 6.38. The lowest BCUT2D eigenvalue weighted by Gasteiger charge is -2.09. The Morgan fingerprint density at radius 1 is 1.13 bits per heavy atom. The second-order valence-corrected chi connectivity index (χ2v) is 5.01. The smallest absolute Gasteiger partial charge is 0.163 e. The van der Waals surface area contributed by atoms with Gasteiger partial charge in [-0.05, 0) is 47.0 Å². The molecule has 0 unspecified atom stereocenters. The van der Waals surface area contributed by atoms with Crippen molar-refractivity contribution in [3.8, 4) is 28.5 Å². The number of hydrogen-bond donors (Lipinski definition) is 1. The minimum atomic E-state index is -0.287. The Morgan fingerprint density at radius 3 is 2.57 bits per heavy atom. The van der Waals surface area contributed by atoms with E-state index in [2.05, 4.69) is 15.4 Å². The Bertz CT molecular complexity index is 865. The van der Waals surface area contributed by atoms with Gasteiger partial charge in [-0.1, -0.05) is 17.3 Å². The lowest BCUT2D eigenvalue weighted by Crippen LogP contribution is -1.92. The maximum absolute atomic E-state index is 13.1. The molecule has 114 valence electrons. The molecule has 0 amide bonds. The molecule has 0 atom stereocenters. The summed E-state index contributed by atoms with van der Waals surface area (Å²) in [5, 5.41) is 19.4. The average molecular weight is 308 g/mol. The van der Waals surface area contributed by atoms with Crippen molar-refractivity contribution in [2.75, 3.05) is 7.11 Å². The number of nitriles is 1. The van der Waals surface area contributed by atoms with Crippen molar-refractivity contribution < 1.29 is 9.13 Å². The summed E-state index contributed by atoms with van der Waals surface area (Å²) >= 11 is 0. The number of halogens is 1. The van der Waals surface area contributed by atoms with Gasteiger partial charge in [0.1, 0.15) is 17.6 Å². The Morgan fingerprint density at radius 2 is 1.87 bits per heavy atom. The van der Waals surface area contributed by atoms with Crippen LogP contribution < -0.4 is 0 Å². The van der Waals surface area contributed by atoms with E-state index in [1.165, 1.54) is 12.1 Å². The normalized spacial score (nSPS) is 10.5. The van der Waals surface area contributed by atoms with Crippen LogP contribution in [0.15, 0.2) is 42.5 Å². The van der Waals surface area contributed by atoms with Crippen molar-refractivity contribution in [1.29, 1.82) is 5.26 Å². The van der Waals surface area contributed by atoms with Crippen LogP contribution in [-0.2, 0) is 11.3 Å². The summed E-state index contributed by atoms with van der Waals surface area (Å²) in [6.45, 7) is 0.418. The van der Waals surface area contributed by atoms with Crippen LogP contribution in [0.25, 0.3) is 22.4 Å². The highest BCUT2D eigenvalue weighted by Crippen LogP contribution is 2.28. The van der Waals surface area contributed by atoms with Gasteiger partial charge in [-0.25, -0.2) is 9.49 Å². The van der Waals surface area contributed by atoms with E-state index in [-0.39, 0.29) is 5.82 Å². The van der Waals surface area contributed by atoms with Crippen LogP contribution in [0.4, 0.5) is 4.39 Å². The van der Waals surface area contributed by atoms with Gasteiger partial charge in [0.05, 0.1) is 6.61 Å². The molecular weight excluding hydrogens is 295 g/mol. The Kier molecular flexibility index (Phi) is 4.13. The first-order valence-electron chi connectivity index (χ1n) is 6.91. The summed E-state index contributed by atoms with van der Waals surface area (Å²) < 4.78 is 18.3. The molecule has 5 nitrogen and oxygen atoms in total. The zero-order valence-electron chi connectivity index (χ0n) is 12.4. The molecule has 0 saturated carbocycles. The lowest BCUT2D eigenvalue weighted by molar-refractivity contribution is 0.185. The highest BCUT2D eigenvalue weighted by atomic mass is 19.1. The Balaban J connectivity index is 2.13. The molecule has 1 aromatic heterocycles. The van der Waals surface area contributed by atoms with Gasteiger partial charge in [0.25, 0.3) is 0 Å². The second-order valence-electron chi connectivity index (χ2n) is 5.01. The molecule has 2 aromatic carbocycles. The number of rotatable bonds is 4. The fourth-order valence-corrected chi connectivity index (χ4v) is 2.40. The highest BCUT2D eigenvalue weighted by Gasteiger charge is 2.12. The van der Waals surface area contributed by atoms with Crippen molar-refractivity contribution in [2.24, 2.45) is 0 Å². The van der Waals surface area contributed by atoms with E-state index < -0.39 is 0 Å². The zero-order valence-corrected chi connectivity index (χ0v) is 12.4. The largest absolute Gasteiger partial charge is 0.380 e. The fourth-order valence-electron chi connectivity index (χ4n) is 2.40. The number of ether oxygens (including phenoxy) is 1. The summed E-state index contributed by atoms with van der Waals surface area (Å²) in [5.41, 5.74) is 4.22. The molecule has 3 rings (SSSR count). The van der Waals surface area contributed by atoms with Crippen LogP contribution in [0.5, 0.6) is 0 Å². The molecule has 0 aliphatic rings. The van der Waals surface area contributed by atoms with Crippen LogP contribution in [0.3, 0.4) is 0 Å². The number of benzene rings is 2. The molecule has 0 spiro atoms. The van der Waals surface area contributed by atoms with Crippen LogP contribution >= 0.6 is 0 Å². The topological polar surface area (TPSA) is 74.6 Å². The van der Waals surface area contributed by atoms with Gasteiger partial charge in [0.2, 0.25) is 0 Å². The van der Waals surface area contributed by atoms with Crippen LogP contribution in [-0.4, -0.2) is 22.5 Å². The van der Waals surface area contributed by atoms with E-state index in [0.717, 1.165) is 22.3 Å². The van der Waals surface area contributed by atoms with E-state index in [9.17, 15) is 4.39 Å². The number of nitrogens with zero attached hydrogens (tertiary/aromatic N) is 3. The molecule has 0 fully saturated rings. The van der Waals surface area contributed by atoms with Gasteiger partial charge >= 0.3 is 0 Å². The van der Waals surface area contributed by atoms with Crippen LogP contribution in [0.1, 0.15) is 11.3 Å². The molecular formula is C17H13FN4O. The van der Waals surface area contributed by atoms with Crippen LogP contribution in [0.2, 0.25) is 0 Å². The maximum atomic E-state index is 13.1. The van der Waals surface area contributed by atoms with E-state index in [4.69, 9.17) is 10.00 Å². The third-order valence-corrected chi connectivity index (χ3v) is 3.42. The standard InChI is InChI=1S/C17H13FN4O/c1-23-10-11-6-13(12-2-4-15(18)5-3-12)8-14(7-11)17-16(9-19)20-22-21-17/h2-8H,10H2,1H3,(H,20,21,22). The van der Waals surface area contributed by atoms with Gasteiger partial charge in [-0.15, -0.1) is 5.10 Å². The molecule has 0 aliphatic carbocycles. The van der Waals surface area contributed by atoms with Crippen molar-refractivity contribution in [1.82, 2.24) is 15.4 Å². The molecule has 0 radical (unpaired) electrons. The Hall–Kier alpha value is -3.04. The summed E-state index contributed by atoms with van der Waals surface area (Å²) in [6, 6.07) is 14.0. The number of aromatic nitrogens is 3. The molecule has 0 saturated heterocycles. The van der Waals surface area contributed by atoms with Crippen LogP contribution in [0, 0.1) is 17.1 Å². The summed E-state index contributed by atoms with van der Waals surface area (Å²) in [4.78, 5) is 0. The van der Waals surface area contributed by atoms with Crippen molar-refractivity contribution >= 4 is 0 Å². The molecule has 6 heteroatoms. The number of aromatic amines is 1. The molecule has 0 bridgehead atoms. The first-order chi connectivity index (χ1) is 11.2. The number of H-pyrrole nitrogens is 1. The molecule has 3 aromatic rings. The maximum Gasteiger partial charge on any atom is 0.163 e. The quantitative estimate of drug-likeness (QED) is 0.802. The van der Waals surface area contributed by atoms with E-state index >= 15 is 0 Å². The highest BCUT2D eigenvalue weighted by molar-refractivity contribution is 5.74. The first kappa shape index (κ1) is 14.9. The molecule has 1 heterocycles. The predicted octanol–water partition coefficient (Wildman–Crippen LogP) is 3.30. The molecule has 23 heavy (non-hydrogen) atoms. The predicted molar refractivity (Wildman–Crippen MR) is 82.6 cm³/mol.